The Balaban J connectivity index is 1.68. The zero-order chi connectivity index (χ0) is 21.1. The Bertz CT molecular complexity index is 1120. The van der Waals surface area contributed by atoms with E-state index in [1.54, 1.807) is 12.0 Å². The molecule has 0 aliphatic carbocycles. The molecule has 152 valence electrons. The molecule has 5 nitrogen and oxygen atoms in total. The lowest BCUT2D eigenvalue weighted by molar-refractivity contribution is -0.122. The molecule has 30 heavy (non-hydrogen) atoms. The van der Waals surface area contributed by atoms with E-state index >= 15 is 0 Å². The smallest absolute Gasteiger partial charge is 0.267 e. The number of furan rings is 1. The van der Waals surface area contributed by atoms with Gasteiger partial charge in [-0.2, -0.15) is 0 Å². The van der Waals surface area contributed by atoms with Gasteiger partial charge in [0.1, 0.15) is 17.3 Å². The van der Waals surface area contributed by atoms with Crippen LogP contribution in [0.3, 0.4) is 0 Å². The van der Waals surface area contributed by atoms with E-state index in [1.165, 1.54) is 11.8 Å². The summed E-state index contributed by atoms with van der Waals surface area (Å²) in [7, 11) is 1.64. The molecule has 3 aromatic rings. The number of amides is 1. The van der Waals surface area contributed by atoms with Crippen LogP contribution in [0.15, 0.2) is 75.0 Å². The first-order chi connectivity index (χ1) is 14.5. The van der Waals surface area contributed by atoms with Crippen LogP contribution in [0, 0.1) is 13.8 Å². The van der Waals surface area contributed by atoms with Crippen LogP contribution < -0.4 is 4.74 Å². The van der Waals surface area contributed by atoms with E-state index in [4.69, 9.17) is 14.1 Å². The number of hydrogen-bond acceptors (Lipinski definition) is 5. The van der Waals surface area contributed by atoms with Crippen LogP contribution in [-0.2, 0) is 11.3 Å². The molecule has 1 aliphatic rings. The molecule has 0 atom stereocenters. The maximum absolute atomic E-state index is 13.3. The van der Waals surface area contributed by atoms with Crippen LogP contribution in [-0.4, -0.2) is 23.1 Å². The minimum Gasteiger partial charge on any atom is -0.497 e. The number of hydrogen-bond donors (Lipinski definition) is 0. The van der Waals surface area contributed by atoms with Crippen LogP contribution in [0.2, 0.25) is 0 Å². The lowest BCUT2D eigenvalue weighted by Gasteiger charge is -2.16. The van der Waals surface area contributed by atoms with Gasteiger partial charge in [-0.05, 0) is 67.6 Å². The van der Waals surface area contributed by atoms with Crippen LogP contribution in [0.5, 0.6) is 5.75 Å². The summed E-state index contributed by atoms with van der Waals surface area (Å²) in [6, 6.07) is 19.3. The van der Waals surface area contributed by atoms with Gasteiger partial charge in [0.05, 0.1) is 24.2 Å². The quantitative estimate of drug-likeness (QED) is 0.498. The van der Waals surface area contributed by atoms with E-state index in [1.807, 2.05) is 80.6 Å². The minimum absolute atomic E-state index is 0.0660. The Morgan fingerprint density at radius 2 is 1.83 bits per heavy atom. The summed E-state index contributed by atoms with van der Waals surface area (Å²) in [5.74, 6) is 2.33. The van der Waals surface area contributed by atoms with Crippen molar-refractivity contribution in [2.75, 3.05) is 7.11 Å². The molecule has 1 aromatic heterocycles. The second kappa shape index (κ2) is 8.63. The molecule has 0 radical (unpaired) electrons. The number of ether oxygens (including phenoxy) is 1. The molecule has 0 unspecified atom stereocenters. The number of aliphatic imine (C=N–C) groups is 1. The predicted octanol–water partition coefficient (Wildman–Crippen LogP) is 5.71. The highest BCUT2D eigenvalue weighted by Crippen LogP contribution is 2.36. The lowest BCUT2D eigenvalue weighted by atomic mass is 10.2. The summed E-state index contributed by atoms with van der Waals surface area (Å²) in [5, 5.41) is 0.658. The summed E-state index contributed by atoms with van der Waals surface area (Å²) in [6.45, 7) is 4.23. The lowest BCUT2D eigenvalue weighted by Crippen LogP contribution is -2.28. The Morgan fingerprint density at radius 1 is 1.10 bits per heavy atom. The number of para-hydroxylation sites is 1. The topological polar surface area (TPSA) is 55.0 Å². The van der Waals surface area contributed by atoms with E-state index in [2.05, 4.69) is 0 Å². The highest BCUT2D eigenvalue weighted by Gasteiger charge is 2.33. The molecule has 1 aliphatic heterocycles. The van der Waals surface area contributed by atoms with Gasteiger partial charge >= 0.3 is 0 Å². The summed E-state index contributed by atoms with van der Waals surface area (Å²) in [4.78, 5) is 20.3. The first-order valence-corrected chi connectivity index (χ1v) is 10.4. The number of carbonyl (C=O) groups is 1. The molecular weight excluding hydrogens is 396 g/mol. The highest BCUT2D eigenvalue weighted by molar-refractivity contribution is 8.18. The monoisotopic (exact) mass is 418 g/mol. The summed E-state index contributed by atoms with van der Waals surface area (Å²) < 4.78 is 10.8. The average Bonchev–Trinajstić information content (AvgIpc) is 3.22. The predicted molar refractivity (Wildman–Crippen MR) is 121 cm³/mol. The third-order valence-electron chi connectivity index (χ3n) is 4.73. The minimum atomic E-state index is -0.0660. The number of benzene rings is 2. The van der Waals surface area contributed by atoms with Gasteiger partial charge in [0.25, 0.3) is 5.91 Å². The average molecular weight is 419 g/mol. The molecule has 4 rings (SSSR count). The van der Waals surface area contributed by atoms with Crippen molar-refractivity contribution < 1.29 is 13.9 Å². The van der Waals surface area contributed by atoms with Crippen molar-refractivity contribution >= 4 is 34.6 Å². The van der Waals surface area contributed by atoms with Gasteiger partial charge in [-0.3, -0.25) is 9.69 Å². The standard InChI is InChI=1S/C24H22N2O3S/c1-16-13-19(17(2)29-16)14-22-23(27)26(15-18-9-11-21(28-3)12-10-18)24(30-22)25-20-7-5-4-6-8-20/h4-14H,15H2,1-3H3/b22-14-,25-24?. The van der Waals surface area contributed by atoms with Crippen molar-refractivity contribution in [3.63, 3.8) is 0 Å². The number of carbonyl (C=O) groups excluding carboxylic acids is 1. The molecule has 1 fully saturated rings. The van der Waals surface area contributed by atoms with E-state index < -0.39 is 0 Å². The van der Waals surface area contributed by atoms with Gasteiger partial charge in [-0.25, -0.2) is 4.99 Å². The number of thioether (sulfide) groups is 1. The summed E-state index contributed by atoms with van der Waals surface area (Å²) >= 11 is 1.38. The van der Waals surface area contributed by atoms with Crippen molar-refractivity contribution in [3.8, 4) is 5.75 Å². The van der Waals surface area contributed by atoms with Crippen molar-refractivity contribution in [3.05, 3.63) is 88.2 Å². The number of aryl methyl sites for hydroxylation is 2. The Kier molecular flexibility index (Phi) is 5.77. The fraction of sp³-hybridized carbons (Fsp3) is 0.167. The first-order valence-electron chi connectivity index (χ1n) is 9.58. The van der Waals surface area contributed by atoms with Crippen molar-refractivity contribution in [1.29, 1.82) is 0 Å². The Labute approximate surface area is 180 Å². The second-order valence-corrected chi connectivity index (χ2v) is 7.96. The van der Waals surface area contributed by atoms with Gasteiger partial charge in [0.15, 0.2) is 5.17 Å². The van der Waals surface area contributed by atoms with Crippen molar-refractivity contribution in [2.45, 2.75) is 20.4 Å². The second-order valence-electron chi connectivity index (χ2n) is 6.95. The third kappa shape index (κ3) is 4.33. The zero-order valence-corrected chi connectivity index (χ0v) is 17.9. The molecule has 0 bridgehead atoms. The van der Waals surface area contributed by atoms with Crippen LogP contribution in [0.25, 0.3) is 6.08 Å². The van der Waals surface area contributed by atoms with Gasteiger partial charge in [0, 0.05) is 5.56 Å². The van der Waals surface area contributed by atoms with Gasteiger partial charge in [-0.1, -0.05) is 30.3 Å². The zero-order valence-electron chi connectivity index (χ0n) is 17.1. The molecule has 6 heteroatoms. The molecule has 0 spiro atoms. The molecule has 0 N–H and O–H groups in total. The van der Waals surface area contributed by atoms with Gasteiger partial charge < -0.3 is 9.15 Å². The van der Waals surface area contributed by atoms with E-state index in [-0.39, 0.29) is 5.91 Å². The van der Waals surface area contributed by atoms with E-state index in [9.17, 15) is 4.79 Å². The van der Waals surface area contributed by atoms with E-state index in [0.717, 1.165) is 34.1 Å². The molecule has 1 saturated heterocycles. The van der Waals surface area contributed by atoms with E-state index in [0.29, 0.717) is 16.6 Å². The van der Waals surface area contributed by atoms with Crippen LogP contribution in [0.4, 0.5) is 5.69 Å². The fourth-order valence-electron chi connectivity index (χ4n) is 3.19. The van der Waals surface area contributed by atoms with Gasteiger partial charge in [-0.15, -0.1) is 0 Å². The molecular formula is C24H22N2O3S. The van der Waals surface area contributed by atoms with Crippen molar-refractivity contribution in [1.82, 2.24) is 4.90 Å². The normalized spacial score (nSPS) is 16.6. The first kappa shape index (κ1) is 20.0. The Morgan fingerprint density at radius 3 is 2.47 bits per heavy atom. The van der Waals surface area contributed by atoms with Gasteiger partial charge in [0.2, 0.25) is 0 Å². The molecule has 2 heterocycles. The molecule has 1 amide bonds. The largest absolute Gasteiger partial charge is 0.497 e. The fourth-order valence-corrected chi connectivity index (χ4v) is 4.18. The highest BCUT2D eigenvalue weighted by atomic mass is 32.2. The third-order valence-corrected chi connectivity index (χ3v) is 5.74. The SMILES string of the molecule is COc1ccc(CN2C(=O)/C(=C/c3cc(C)oc3C)SC2=Nc2ccccc2)cc1. The Hall–Kier alpha value is -3.25. The summed E-state index contributed by atoms with van der Waals surface area (Å²) in [6.07, 6.45) is 1.88. The number of amidine groups is 1. The maximum Gasteiger partial charge on any atom is 0.267 e. The number of nitrogens with zero attached hydrogens (tertiary/aromatic N) is 2. The molecule has 0 saturated carbocycles. The molecule has 2 aromatic carbocycles. The number of rotatable bonds is 5. The maximum atomic E-state index is 13.3. The van der Waals surface area contributed by atoms with Crippen LogP contribution in [0.1, 0.15) is 22.6 Å². The number of methoxy groups -OCH3 is 1. The van der Waals surface area contributed by atoms with Crippen LogP contribution >= 0.6 is 11.8 Å². The summed E-state index contributed by atoms with van der Waals surface area (Å²) in [5.41, 5.74) is 2.72. The van der Waals surface area contributed by atoms with Crippen molar-refractivity contribution in [2.24, 2.45) is 4.99 Å².